The predicted molar refractivity (Wildman–Crippen MR) is 219 cm³/mol. The molecule has 0 aliphatic heterocycles. The molecule has 0 fully saturated rings. The van der Waals surface area contributed by atoms with Crippen LogP contribution in [-0.2, 0) is 20.4 Å². The van der Waals surface area contributed by atoms with E-state index in [1.54, 1.807) is 0 Å². The summed E-state index contributed by atoms with van der Waals surface area (Å²) >= 11 is 0. The summed E-state index contributed by atoms with van der Waals surface area (Å²) in [4.78, 5) is 0. The van der Waals surface area contributed by atoms with Crippen molar-refractivity contribution in [3.05, 3.63) is 194 Å². The van der Waals surface area contributed by atoms with Crippen molar-refractivity contribution in [1.82, 2.24) is 0 Å². The third-order valence-corrected chi connectivity index (χ3v) is 13.6. The summed E-state index contributed by atoms with van der Waals surface area (Å²) in [5.41, 5.74) is 2.70. The average molecular weight is 802 g/mol. The van der Waals surface area contributed by atoms with Gasteiger partial charge in [-0.05, 0) is 80.3 Å². The van der Waals surface area contributed by atoms with Gasteiger partial charge < -0.3 is 0 Å². The SMILES string of the molecule is Cl.Cl.[Pd].c1ccc(P(c2ccccc2)c2ccc3ccccc3c2-c2c(P(c3ccccc3)c3ccccc3)ccc3ccccc23)cc1. The summed E-state index contributed by atoms with van der Waals surface area (Å²) in [5.74, 6) is 0. The summed E-state index contributed by atoms with van der Waals surface area (Å²) < 4.78 is 0. The monoisotopic (exact) mass is 800 g/mol. The second-order valence-electron chi connectivity index (χ2n) is 11.4. The molecule has 0 unspecified atom stereocenters. The van der Waals surface area contributed by atoms with Crippen molar-refractivity contribution in [2.75, 3.05) is 0 Å². The second-order valence-corrected chi connectivity index (χ2v) is 15.7. The summed E-state index contributed by atoms with van der Waals surface area (Å²) in [5, 5.41) is 13.3. The molecule has 49 heavy (non-hydrogen) atoms. The first kappa shape index (κ1) is 36.7. The Bertz CT molecular complexity index is 2020. The van der Waals surface area contributed by atoms with Crippen LogP contribution in [0.2, 0.25) is 0 Å². The van der Waals surface area contributed by atoms with Gasteiger partial charge in [-0.15, -0.1) is 24.8 Å². The third-order valence-electron chi connectivity index (χ3n) is 8.60. The van der Waals surface area contributed by atoms with Crippen LogP contribution >= 0.6 is 40.7 Å². The molecule has 0 radical (unpaired) electrons. The van der Waals surface area contributed by atoms with Crippen LogP contribution in [0.25, 0.3) is 32.7 Å². The molecule has 0 bridgehead atoms. The van der Waals surface area contributed by atoms with Crippen LogP contribution < -0.4 is 31.8 Å². The van der Waals surface area contributed by atoms with Crippen LogP contribution in [0, 0.1) is 0 Å². The summed E-state index contributed by atoms with van der Waals surface area (Å²) in [6, 6.07) is 71.8. The van der Waals surface area contributed by atoms with Crippen molar-refractivity contribution >= 4 is 94.0 Å². The minimum atomic E-state index is -0.852. The van der Waals surface area contributed by atoms with Gasteiger partial charge in [-0.25, -0.2) is 0 Å². The normalized spacial score (nSPS) is 10.7. The Morgan fingerprint density at radius 3 is 0.837 bits per heavy atom. The summed E-state index contributed by atoms with van der Waals surface area (Å²) in [7, 11) is -1.70. The number of hydrogen-bond donors (Lipinski definition) is 0. The molecule has 0 nitrogen and oxygen atoms in total. The molecule has 0 N–H and O–H groups in total. The van der Waals surface area contributed by atoms with E-state index < -0.39 is 15.8 Å². The number of benzene rings is 8. The Morgan fingerprint density at radius 2 is 0.531 bits per heavy atom. The van der Waals surface area contributed by atoms with E-state index in [9.17, 15) is 0 Å². The van der Waals surface area contributed by atoms with E-state index in [4.69, 9.17) is 0 Å². The molecule has 0 amide bonds. The van der Waals surface area contributed by atoms with Crippen molar-refractivity contribution in [3.63, 3.8) is 0 Å². The van der Waals surface area contributed by atoms with Crippen molar-refractivity contribution in [1.29, 1.82) is 0 Å². The number of hydrogen-bond acceptors (Lipinski definition) is 0. The molecule has 8 rings (SSSR count). The Balaban J connectivity index is 0.00000156. The average Bonchev–Trinajstić information content (AvgIpc) is 3.14. The molecule has 0 heterocycles. The van der Waals surface area contributed by atoms with Crippen LogP contribution in [0.3, 0.4) is 0 Å². The number of rotatable bonds is 7. The molecular formula is C44H34Cl2P2Pd. The molecule has 0 saturated heterocycles. The first-order valence-electron chi connectivity index (χ1n) is 15.7. The van der Waals surface area contributed by atoms with Gasteiger partial charge in [0.2, 0.25) is 0 Å². The van der Waals surface area contributed by atoms with Crippen LogP contribution in [0.4, 0.5) is 0 Å². The summed E-state index contributed by atoms with van der Waals surface area (Å²) in [6.07, 6.45) is 0. The van der Waals surface area contributed by atoms with Crippen molar-refractivity contribution in [2.45, 2.75) is 0 Å². The Morgan fingerprint density at radius 1 is 0.265 bits per heavy atom. The van der Waals surface area contributed by atoms with Gasteiger partial charge in [0.05, 0.1) is 0 Å². The zero-order valence-electron chi connectivity index (χ0n) is 26.5. The number of fused-ring (bicyclic) bond motifs is 2. The van der Waals surface area contributed by atoms with Crippen molar-refractivity contribution < 1.29 is 20.4 Å². The van der Waals surface area contributed by atoms with Crippen LogP contribution in [0.5, 0.6) is 0 Å². The van der Waals surface area contributed by atoms with E-state index in [1.807, 2.05) is 0 Å². The standard InChI is InChI=1S/C44H32P2.2ClH.Pd/c1-5-19-35(20-6-1)45(36-21-7-2-8-22-36)41-31-29-33-17-13-15-27-39(33)43(41)44-40-28-16-14-18-34(40)30-32-42(44)46(37-23-9-3-10-24-37)38-25-11-4-12-26-38;;;/h1-32H;2*1H;. The van der Waals surface area contributed by atoms with E-state index >= 15 is 0 Å². The Kier molecular flexibility index (Phi) is 12.6. The third kappa shape index (κ3) is 7.32. The molecule has 8 aromatic rings. The first-order valence-corrected chi connectivity index (χ1v) is 18.4. The van der Waals surface area contributed by atoms with Crippen LogP contribution in [0.15, 0.2) is 194 Å². The molecule has 5 heteroatoms. The molecule has 0 saturated carbocycles. The van der Waals surface area contributed by atoms with Gasteiger partial charge in [-0.2, -0.15) is 0 Å². The zero-order valence-corrected chi connectivity index (χ0v) is 31.5. The van der Waals surface area contributed by atoms with E-state index in [0.29, 0.717) is 0 Å². The fourth-order valence-corrected chi connectivity index (χ4v) is 11.5. The number of halogens is 2. The van der Waals surface area contributed by atoms with Crippen molar-refractivity contribution in [3.8, 4) is 11.1 Å². The maximum atomic E-state index is 2.42. The second kappa shape index (κ2) is 16.9. The van der Waals surface area contributed by atoms with E-state index in [-0.39, 0.29) is 45.2 Å². The molecule has 0 aliphatic carbocycles. The molecular weight excluding hydrogens is 768 g/mol. The largest absolute Gasteiger partial charge is 0.147 e. The fourth-order valence-electron chi connectivity index (χ4n) is 6.58. The maximum absolute atomic E-state index is 2.42. The predicted octanol–water partition coefficient (Wildman–Crippen LogP) is 10.0. The zero-order chi connectivity index (χ0) is 30.7. The molecule has 0 aromatic heterocycles. The molecule has 244 valence electrons. The van der Waals surface area contributed by atoms with Crippen LogP contribution in [-0.4, -0.2) is 0 Å². The first-order chi connectivity index (χ1) is 22.9. The van der Waals surface area contributed by atoms with Gasteiger partial charge in [0, 0.05) is 20.4 Å². The molecule has 0 aliphatic rings. The van der Waals surface area contributed by atoms with E-state index in [1.165, 1.54) is 64.5 Å². The minimum Gasteiger partial charge on any atom is -0.147 e. The fraction of sp³-hybridized carbons (Fsp3) is 0. The van der Waals surface area contributed by atoms with Gasteiger partial charge >= 0.3 is 0 Å². The van der Waals surface area contributed by atoms with Gasteiger partial charge in [0.25, 0.3) is 0 Å². The molecule has 8 aromatic carbocycles. The van der Waals surface area contributed by atoms with Gasteiger partial charge in [0.1, 0.15) is 0 Å². The van der Waals surface area contributed by atoms with Gasteiger partial charge in [-0.3, -0.25) is 0 Å². The van der Waals surface area contributed by atoms with Gasteiger partial charge in [0.15, 0.2) is 0 Å². The minimum absolute atomic E-state index is 0. The quantitative estimate of drug-likeness (QED) is 0.111. The maximum Gasteiger partial charge on any atom is 0 e. The van der Waals surface area contributed by atoms with Gasteiger partial charge in [-0.1, -0.05) is 194 Å². The topological polar surface area (TPSA) is 0 Å². The van der Waals surface area contributed by atoms with E-state index in [2.05, 4.69) is 194 Å². The molecule has 0 spiro atoms. The van der Waals surface area contributed by atoms with Crippen molar-refractivity contribution in [2.24, 2.45) is 0 Å². The summed E-state index contributed by atoms with van der Waals surface area (Å²) in [6.45, 7) is 0. The molecule has 0 atom stereocenters. The van der Waals surface area contributed by atoms with E-state index in [0.717, 1.165) is 0 Å². The smallest absolute Gasteiger partial charge is 0 e. The Labute approximate surface area is 317 Å². The Hall–Kier alpha value is -3.62. The van der Waals surface area contributed by atoms with Crippen LogP contribution in [0.1, 0.15) is 0 Å².